The molecule has 3 rings (SSSR count). The summed E-state index contributed by atoms with van der Waals surface area (Å²) in [6.07, 6.45) is 1.59. The highest BCUT2D eigenvalue weighted by Crippen LogP contribution is 2.34. The Morgan fingerprint density at radius 2 is 2.00 bits per heavy atom. The van der Waals surface area contributed by atoms with Crippen LogP contribution in [0, 0.1) is 5.82 Å². The van der Waals surface area contributed by atoms with E-state index < -0.39 is 0 Å². The second-order valence-corrected chi connectivity index (χ2v) is 4.81. The molecule has 84 valence electrons. The van der Waals surface area contributed by atoms with Gasteiger partial charge in [0.05, 0.1) is 10.2 Å². The van der Waals surface area contributed by atoms with Crippen LogP contribution in [0.15, 0.2) is 36.5 Å². The summed E-state index contributed by atoms with van der Waals surface area (Å²) in [5.74, 6) is -0.282. The molecule has 3 aromatic rings. The van der Waals surface area contributed by atoms with E-state index in [9.17, 15) is 4.39 Å². The van der Waals surface area contributed by atoms with E-state index in [1.165, 1.54) is 17.4 Å². The summed E-state index contributed by atoms with van der Waals surface area (Å²) >= 11 is 7.31. The quantitative estimate of drug-likeness (QED) is 0.617. The van der Waals surface area contributed by atoms with E-state index in [0.29, 0.717) is 15.7 Å². The van der Waals surface area contributed by atoms with Crippen molar-refractivity contribution in [2.24, 2.45) is 0 Å². The Balaban J connectivity index is 2.26. The van der Waals surface area contributed by atoms with Crippen LogP contribution < -0.4 is 0 Å². The fourth-order valence-corrected chi connectivity index (χ4v) is 2.81. The first-order valence-corrected chi connectivity index (χ1v) is 6.11. The number of nitrogens with zero attached hydrogens (tertiary/aromatic N) is 2. The molecule has 0 radical (unpaired) electrons. The number of hydrogen-bond acceptors (Lipinski definition) is 3. The molecule has 0 aliphatic heterocycles. The van der Waals surface area contributed by atoms with Crippen LogP contribution in [-0.2, 0) is 0 Å². The first kappa shape index (κ1) is 10.6. The third-order valence-corrected chi connectivity index (χ3v) is 3.88. The van der Waals surface area contributed by atoms with E-state index in [2.05, 4.69) is 9.97 Å². The molecule has 0 N–H and O–H groups in total. The van der Waals surface area contributed by atoms with Crippen LogP contribution in [0.3, 0.4) is 0 Å². The molecule has 1 aromatic carbocycles. The standard InChI is InChI=1S/C12H6ClFN2S/c13-11-10-9(5-6-15-11)16-12(17-10)7-3-1-2-4-8(7)14/h1-6H. The van der Waals surface area contributed by atoms with Crippen molar-refractivity contribution in [2.45, 2.75) is 0 Å². The number of hydrogen-bond donors (Lipinski definition) is 0. The van der Waals surface area contributed by atoms with Crippen LogP contribution in [0.25, 0.3) is 20.8 Å². The zero-order chi connectivity index (χ0) is 11.8. The molecule has 0 unspecified atom stereocenters. The van der Waals surface area contributed by atoms with E-state index in [4.69, 9.17) is 11.6 Å². The second kappa shape index (κ2) is 4.05. The van der Waals surface area contributed by atoms with Crippen molar-refractivity contribution >= 4 is 33.2 Å². The maximum atomic E-state index is 13.6. The van der Waals surface area contributed by atoms with Crippen molar-refractivity contribution in [3.63, 3.8) is 0 Å². The van der Waals surface area contributed by atoms with Gasteiger partial charge in [0.25, 0.3) is 0 Å². The molecule has 5 heteroatoms. The third kappa shape index (κ3) is 1.79. The molecular formula is C12H6ClFN2S. The maximum Gasteiger partial charge on any atom is 0.148 e. The average molecular weight is 265 g/mol. The fourth-order valence-electron chi connectivity index (χ4n) is 1.57. The summed E-state index contributed by atoms with van der Waals surface area (Å²) in [6.45, 7) is 0. The van der Waals surface area contributed by atoms with Gasteiger partial charge >= 0.3 is 0 Å². The SMILES string of the molecule is Fc1ccccc1-c1nc2ccnc(Cl)c2s1. The number of halogens is 2. The molecule has 0 fully saturated rings. The van der Waals surface area contributed by atoms with E-state index in [0.717, 1.165) is 10.2 Å². The van der Waals surface area contributed by atoms with Gasteiger partial charge in [-0.25, -0.2) is 14.4 Å². The molecule has 0 bridgehead atoms. The number of fused-ring (bicyclic) bond motifs is 1. The highest BCUT2D eigenvalue weighted by molar-refractivity contribution is 7.22. The third-order valence-electron chi connectivity index (χ3n) is 2.37. The molecule has 0 saturated heterocycles. The molecule has 0 amide bonds. The molecular weight excluding hydrogens is 259 g/mol. The Kier molecular flexibility index (Phi) is 2.53. The Bertz CT molecular complexity index is 696. The smallest absolute Gasteiger partial charge is 0.148 e. The van der Waals surface area contributed by atoms with Crippen LogP contribution in [0.2, 0.25) is 5.15 Å². The minimum absolute atomic E-state index is 0.282. The summed E-state index contributed by atoms with van der Waals surface area (Å²) in [5, 5.41) is 1.02. The predicted octanol–water partition coefficient (Wildman–Crippen LogP) is 4.15. The van der Waals surface area contributed by atoms with Crippen LogP contribution in [0.1, 0.15) is 0 Å². The minimum atomic E-state index is -0.282. The number of aromatic nitrogens is 2. The second-order valence-electron chi connectivity index (χ2n) is 3.45. The number of rotatable bonds is 1. The lowest BCUT2D eigenvalue weighted by Crippen LogP contribution is -1.81. The first-order chi connectivity index (χ1) is 8.25. The van der Waals surface area contributed by atoms with Gasteiger partial charge in [-0.05, 0) is 18.2 Å². The van der Waals surface area contributed by atoms with Crippen molar-refractivity contribution in [1.29, 1.82) is 0 Å². The van der Waals surface area contributed by atoms with Gasteiger partial charge < -0.3 is 0 Å². The topological polar surface area (TPSA) is 25.8 Å². The summed E-state index contributed by atoms with van der Waals surface area (Å²) in [4.78, 5) is 8.34. The van der Waals surface area contributed by atoms with Crippen molar-refractivity contribution in [1.82, 2.24) is 9.97 Å². The monoisotopic (exact) mass is 264 g/mol. The van der Waals surface area contributed by atoms with Gasteiger partial charge in [-0.2, -0.15) is 0 Å². The molecule has 2 aromatic heterocycles. The van der Waals surface area contributed by atoms with Gasteiger partial charge in [0.2, 0.25) is 0 Å². The van der Waals surface area contributed by atoms with E-state index in [1.807, 2.05) is 0 Å². The molecule has 0 spiro atoms. The Morgan fingerprint density at radius 1 is 1.18 bits per heavy atom. The fraction of sp³-hybridized carbons (Fsp3) is 0. The Morgan fingerprint density at radius 3 is 2.76 bits per heavy atom. The number of thiazole rings is 1. The van der Waals surface area contributed by atoms with Gasteiger partial charge in [0, 0.05) is 11.8 Å². The summed E-state index contributed by atoms with van der Waals surface area (Å²) in [5.41, 5.74) is 1.23. The molecule has 2 heterocycles. The van der Waals surface area contributed by atoms with Gasteiger partial charge in [-0.15, -0.1) is 11.3 Å². The molecule has 0 atom stereocenters. The van der Waals surface area contributed by atoms with Crippen LogP contribution in [0.4, 0.5) is 4.39 Å². The summed E-state index contributed by atoms with van der Waals surface area (Å²) in [6, 6.07) is 8.32. The van der Waals surface area contributed by atoms with Crippen molar-refractivity contribution in [3.8, 4) is 10.6 Å². The average Bonchev–Trinajstić information content (AvgIpc) is 2.75. The van der Waals surface area contributed by atoms with Gasteiger partial charge in [-0.3, -0.25) is 0 Å². The number of pyridine rings is 1. The zero-order valence-electron chi connectivity index (χ0n) is 8.52. The lowest BCUT2D eigenvalue weighted by atomic mass is 10.2. The molecule has 0 aliphatic carbocycles. The maximum absolute atomic E-state index is 13.6. The van der Waals surface area contributed by atoms with E-state index in [-0.39, 0.29) is 5.82 Å². The van der Waals surface area contributed by atoms with Gasteiger partial charge in [0.15, 0.2) is 0 Å². The summed E-state index contributed by atoms with van der Waals surface area (Å²) < 4.78 is 14.4. The predicted molar refractivity (Wildman–Crippen MR) is 67.8 cm³/mol. The zero-order valence-corrected chi connectivity index (χ0v) is 10.1. The number of benzene rings is 1. The largest absolute Gasteiger partial charge is 0.243 e. The molecule has 0 saturated carbocycles. The van der Waals surface area contributed by atoms with Crippen LogP contribution >= 0.6 is 22.9 Å². The lowest BCUT2D eigenvalue weighted by molar-refractivity contribution is 0.631. The van der Waals surface area contributed by atoms with Crippen molar-refractivity contribution in [2.75, 3.05) is 0 Å². The van der Waals surface area contributed by atoms with Crippen LogP contribution in [0.5, 0.6) is 0 Å². The Labute approximate surface area is 106 Å². The highest BCUT2D eigenvalue weighted by Gasteiger charge is 2.12. The lowest BCUT2D eigenvalue weighted by Gasteiger charge is -1.96. The van der Waals surface area contributed by atoms with E-state index >= 15 is 0 Å². The Hall–Kier alpha value is -1.52. The molecule has 0 aliphatic rings. The van der Waals surface area contributed by atoms with Crippen molar-refractivity contribution < 1.29 is 4.39 Å². The molecule has 17 heavy (non-hydrogen) atoms. The van der Waals surface area contributed by atoms with Gasteiger partial charge in [0.1, 0.15) is 16.0 Å². The molecule has 2 nitrogen and oxygen atoms in total. The highest BCUT2D eigenvalue weighted by atomic mass is 35.5. The summed E-state index contributed by atoms with van der Waals surface area (Å²) in [7, 11) is 0. The van der Waals surface area contributed by atoms with Crippen LogP contribution in [-0.4, -0.2) is 9.97 Å². The first-order valence-electron chi connectivity index (χ1n) is 4.91. The normalized spacial score (nSPS) is 10.9. The van der Waals surface area contributed by atoms with E-state index in [1.54, 1.807) is 30.5 Å². The minimum Gasteiger partial charge on any atom is -0.243 e. The van der Waals surface area contributed by atoms with Crippen molar-refractivity contribution in [3.05, 3.63) is 47.5 Å². The van der Waals surface area contributed by atoms with Gasteiger partial charge in [-0.1, -0.05) is 23.7 Å².